The van der Waals surface area contributed by atoms with Gasteiger partial charge in [-0.15, -0.1) is 0 Å². The molecular weight excluding hydrogens is 350 g/mol. The highest BCUT2D eigenvalue weighted by Gasteiger charge is 2.36. The van der Waals surface area contributed by atoms with E-state index in [2.05, 4.69) is 5.32 Å². The maximum Gasteiger partial charge on any atom is 0.407 e. The fourth-order valence-corrected chi connectivity index (χ4v) is 3.77. The molecule has 1 heterocycles. The summed E-state index contributed by atoms with van der Waals surface area (Å²) in [6.45, 7) is 5.90. The largest absolute Gasteiger partial charge is 0.444 e. The van der Waals surface area contributed by atoms with Crippen LogP contribution in [0.1, 0.15) is 62.4 Å². The molecule has 1 aromatic rings. The molecule has 2 amide bonds. The van der Waals surface area contributed by atoms with Crippen LogP contribution in [0.3, 0.4) is 0 Å². The van der Waals surface area contributed by atoms with E-state index in [-0.39, 0.29) is 23.7 Å². The molecule has 1 aliphatic carbocycles. The third-order valence-electron chi connectivity index (χ3n) is 4.94. The molecule has 8 nitrogen and oxygen atoms in total. The van der Waals surface area contributed by atoms with Crippen LogP contribution in [0.4, 0.5) is 10.5 Å². The molecular formula is C19H25N3O5. The topological polar surface area (TPSA) is 102 Å². The molecule has 0 radical (unpaired) electrons. The van der Waals surface area contributed by atoms with Crippen molar-refractivity contribution in [3.05, 3.63) is 39.4 Å². The smallest absolute Gasteiger partial charge is 0.407 e. The molecule has 2 atom stereocenters. The molecule has 1 fully saturated rings. The van der Waals surface area contributed by atoms with E-state index in [1.807, 2.05) is 20.8 Å². The molecule has 0 saturated heterocycles. The van der Waals surface area contributed by atoms with Crippen molar-refractivity contribution in [3.8, 4) is 0 Å². The Morgan fingerprint density at radius 2 is 2.07 bits per heavy atom. The van der Waals surface area contributed by atoms with Gasteiger partial charge in [0.2, 0.25) is 0 Å². The molecule has 0 bridgehead atoms. The van der Waals surface area contributed by atoms with Gasteiger partial charge >= 0.3 is 6.09 Å². The second-order valence-electron chi connectivity index (χ2n) is 8.20. The van der Waals surface area contributed by atoms with Crippen molar-refractivity contribution < 1.29 is 19.2 Å². The van der Waals surface area contributed by atoms with Crippen molar-refractivity contribution in [3.63, 3.8) is 0 Å². The number of nitrogens with zero attached hydrogens (tertiary/aromatic N) is 2. The van der Waals surface area contributed by atoms with Crippen molar-refractivity contribution in [2.24, 2.45) is 0 Å². The third-order valence-corrected chi connectivity index (χ3v) is 4.94. The monoisotopic (exact) mass is 375 g/mol. The van der Waals surface area contributed by atoms with Gasteiger partial charge in [0, 0.05) is 30.8 Å². The van der Waals surface area contributed by atoms with Crippen LogP contribution in [0.25, 0.3) is 0 Å². The Labute approximate surface area is 158 Å². The Kier molecular flexibility index (Phi) is 5.08. The number of nitrogens with one attached hydrogen (secondary N) is 1. The van der Waals surface area contributed by atoms with Gasteiger partial charge in [-0.2, -0.15) is 0 Å². The summed E-state index contributed by atoms with van der Waals surface area (Å²) in [4.78, 5) is 37.1. The minimum atomic E-state index is -0.556. The minimum absolute atomic E-state index is 0.00218. The van der Waals surface area contributed by atoms with Gasteiger partial charge in [0.25, 0.3) is 11.6 Å². The van der Waals surface area contributed by atoms with Gasteiger partial charge in [0.1, 0.15) is 5.60 Å². The van der Waals surface area contributed by atoms with Crippen molar-refractivity contribution in [1.82, 2.24) is 10.2 Å². The normalized spacial score (nSPS) is 22.3. The van der Waals surface area contributed by atoms with E-state index in [4.69, 9.17) is 4.74 Å². The van der Waals surface area contributed by atoms with Gasteiger partial charge < -0.3 is 15.0 Å². The van der Waals surface area contributed by atoms with Crippen LogP contribution in [-0.2, 0) is 11.3 Å². The number of nitro benzene ring substituents is 1. The first-order valence-corrected chi connectivity index (χ1v) is 9.22. The molecule has 2 aliphatic rings. The zero-order valence-corrected chi connectivity index (χ0v) is 15.9. The summed E-state index contributed by atoms with van der Waals surface area (Å²) in [6.07, 6.45) is 2.80. The summed E-state index contributed by atoms with van der Waals surface area (Å²) in [5.41, 5.74) is 0.593. The van der Waals surface area contributed by atoms with Crippen molar-refractivity contribution in [2.75, 3.05) is 0 Å². The zero-order chi connectivity index (χ0) is 19.8. The molecule has 146 valence electrons. The number of ether oxygens (including phenoxy) is 1. The van der Waals surface area contributed by atoms with Crippen LogP contribution < -0.4 is 5.32 Å². The molecule has 1 saturated carbocycles. The van der Waals surface area contributed by atoms with E-state index in [1.165, 1.54) is 12.1 Å². The second kappa shape index (κ2) is 7.17. The number of non-ortho nitro benzene ring substituents is 1. The molecule has 1 aliphatic heterocycles. The second-order valence-corrected chi connectivity index (χ2v) is 8.20. The molecule has 0 aromatic heterocycles. The van der Waals surface area contributed by atoms with Gasteiger partial charge in [0.15, 0.2) is 0 Å². The maximum atomic E-state index is 12.8. The number of alkyl carbamates (subject to hydrolysis) is 1. The predicted octanol–water partition coefficient (Wildman–Crippen LogP) is 3.39. The van der Waals surface area contributed by atoms with E-state index in [0.29, 0.717) is 18.5 Å². The lowest BCUT2D eigenvalue weighted by Gasteiger charge is -2.35. The molecule has 1 N–H and O–H groups in total. The predicted molar refractivity (Wildman–Crippen MR) is 98.4 cm³/mol. The van der Waals surface area contributed by atoms with Gasteiger partial charge in [-0.05, 0) is 58.1 Å². The molecule has 27 heavy (non-hydrogen) atoms. The van der Waals surface area contributed by atoms with Crippen molar-refractivity contribution in [2.45, 2.75) is 70.7 Å². The highest BCUT2D eigenvalue weighted by atomic mass is 16.6. The van der Waals surface area contributed by atoms with Gasteiger partial charge in [0.05, 0.1) is 10.5 Å². The number of hydrogen-bond donors (Lipinski definition) is 1. The average Bonchev–Trinajstić information content (AvgIpc) is 2.89. The number of fused-ring (bicyclic) bond motifs is 1. The third kappa shape index (κ3) is 4.37. The van der Waals surface area contributed by atoms with Gasteiger partial charge in [-0.25, -0.2) is 4.79 Å². The van der Waals surface area contributed by atoms with Crippen LogP contribution in [0.15, 0.2) is 18.2 Å². The lowest BCUT2D eigenvalue weighted by atomic mass is 9.90. The van der Waals surface area contributed by atoms with Crippen LogP contribution in [0.2, 0.25) is 0 Å². The summed E-state index contributed by atoms with van der Waals surface area (Å²) in [7, 11) is 0. The van der Waals surface area contributed by atoms with Crippen molar-refractivity contribution in [1.29, 1.82) is 0 Å². The summed E-state index contributed by atoms with van der Waals surface area (Å²) in [6, 6.07) is 4.40. The number of carbonyl (C=O) groups excluding carboxylic acids is 2. The quantitative estimate of drug-likeness (QED) is 0.644. The summed E-state index contributed by atoms with van der Waals surface area (Å²) < 4.78 is 5.31. The van der Waals surface area contributed by atoms with Gasteiger partial charge in [-0.1, -0.05) is 0 Å². The van der Waals surface area contributed by atoms with E-state index >= 15 is 0 Å². The number of nitro groups is 1. The zero-order valence-electron chi connectivity index (χ0n) is 15.9. The van der Waals surface area contributed by atoms with E-state index in [1.54, 1.807) is 11.0 Å². The Balaban J connectivity index is 1.66. The number of rotatable bonds is 3. The summed E-state index contributed by atoms with van der Waals surface area (Å²) in [5, 5.41) is 13.9. The maximum absolute atomic E-state index is 12.8. The van der Waals surface area contributed by atoms with Crippen LogP contribution >= 0.6 is 0 Å². The SMILES string of the molecule is CC(C)(C)OC(=O)N[C@@H]1CCC[C@H](N2Cc3ccc([N+](=O)[O-])cc3C2=O)C1. The Hall–Kier alpha value is -2.64. The Morgan fingerprint density at radius 3 is 2.74 bits per heavy atom. The van der Waals surface area contributed by atoms with Crippen LogP contribution in [0, 0.1) is 10.1 Å². The molecule has 0 unspecified atom stereocenters. The van der Waals surface area contributed by atoms with E-state index < -0.39 is 16.6 Å². The van der Waals surface area contributed by atoms with Crippen LogP contribution in [-0.4, -0.2) is 39.5 Å². The van der Waals surface area contributed by atoms with Gasteiger partial charge in [-0.3, -0.25) is 14.9 Å². The van der Waals surface area contributed by atoms with Crippen LogP contribution in [0.5, 0.6) is 0 Å². The average molecular weight is 375 g/mol. The number of benzene rings is 1. The first kappa shape index (κ1) is 19.1. The molecule has 3 rings (SSSR count). The standard InChI is InChI=1S/C19H25N3O5/c1-19(2,3)27-18(24)20-13-5-4-6-14(9-13)21-11-12-7-8-15(22(25)26)10-16(12)17(21)23/h7-8,10,13-14H,4-6,9,11H2,1-3H3,(H,20,24)/t13-,14+/m1/s1. The molecule has 1 aromatic carbocycles. The highest BCUT2D eigenvalue weighted by Crippen LogP contribution is 2.32. The Morgan fingerprint density at radius 1 is 1.33 bits per heavy atom. The summed E-state index contributed by atoms with van der Waals surface area (Å²) in [5.74, 6) is -0.170. The number of hydrogen-bond acceptors (Lipinski definition) is 5. The van der Waals surface area contributed by atoms with Crippen molar-refractivity contribution >= 4 is 17.7 Å². The first-order chi connectivity index (χ1) is 12.6. The minimum Gasteiger partial charge on any atom is -0.444 e. The highest BCUT2D eigenvalue weighted by molar-refractivity contribution is 5.99. The lowest BCUT2D eigenvalue weighted by Crippen LogP contribution is -2.47. The van der Waals surface area contributed by atoms with E-state index in [0.717, 1.165) is 24.8 Å². The molecule has 0 spiro atoms. The first-order valence-electron chi connectivity index (χ1n) is 9.22. The lowest BCUT2D eigenvalue weighted by molar-refractivity contribution is -0.384. The fraction of sp³-hybridized carbons (Fsp3) is 0.579. The summed E-state index contributed by atoms with van der Waals surface area (Å²) >= 11 is 0. The van der Waals surface area contributed by atoms with E-state index in [9.17, 15) is 19.7 Å². The number of carbonyl (C=O) groups is 2. The Bertz CT molecular complexity index is 771. The fourth-order valence-electron chi connectivity index (χ4n) is 3.77. The number of amides is 2. The molecule has 8 heteroatoms.